The predicted octanol–water partition coefficient (Wildman–Crippen LogP) is 2.94. The summed E-state index contributed by atoms with van der Waals surface area (Å²) in [5.74, 6) is -2.56. The van der Waals surface area contributed by atoms with Crippen LogP contribution in [0.5, 0.6) is 0 Å². The third-order valence-corrected chi connectivity index (χ3v) is 9.52. The molecule has 10 heteroatoms. The first kappa shape index (κ1) is 29.0. The highest BCUT2D eigenvalue weighted by Crippen LogP contribution is 2.29. The van der Waals surface area contributed by atoms with Crippen LogP contribution in [0.15, 0.2) is 24.3 Å². The Kier molecular flexibility index (Phi) is 11.9. The molecular formula is C25H36N2O6S2. The highest BCUT2D eigenvalue weighted by atomic mass is 33.1. The second kappa shape index (κ2) is 14.4. The summed E-state index contributed by atoms with van der Waals surface area (Å²) in [6.45, 7) is 5.75. The zero-order valence-corrected chi connectivity index (χ0v) is 22.2. The Bertz CT molecular complexity index is 919. The average Bonchev–Trinajstić information content (AvgIpc) is 3.20. The zero-order valence-electron chi connectivity index (χ0n) is 20.6. The van der Waals surface area contributed by atoms with Crippen molar-refractivity contribution in [2.75, 3.05) is 5.75 Å². The molecule has 35 heavy (non-hydrogen) atoms. The number of aliphatic carboxylic acids is 1. The summed E-state index contributed by atoms with van der Waals surface area (Å²) in [5.41, 5.74) is 1.75. The van der Waals surface area contributed by atoms with Gasteiger partial charge in [-0.3, -0.25) is 14.4 Å². The van der Waals surface area contributed by atoms with Gasteiger partial charge >= 0.3 is 5.97 Å². The Morgan fingerprint density at radius 3 is 2.34 bits per heavy atom. The molecule has 2 unspecified atom stereocenters. The highest BCUT2D eigenvalue weighted by Gasteiger charge is 2.30. The van der Waals surface area contributed by atoms with Gasteiger partial charge in [0.15, 0.2) is 0 Å². The summed E-state index contributed by atoms with van der Waals surface area (Å²) < 4.78 is 11.8. The number of amides is 2. The second-order valence-electron chi connectivity index (χ2n) is 9.41. The Hall–Kier alpha value is -2.20. The molecule has 0 aliphatic carbocycles. The number of ketones is 1. The van der Waals surface area contributed by atoms with Crippen LogP contribution >= 0.6 is 10.8 Å². The van der Waals surface area contributed by atoms with Crippen molar-refractivity contribution in [1.82, 2.24) is 10.6 Å². The largest absolute Gasteiger partial charge is 0.475 e. The maximum atomic E-state index is 13.0. The van der Waals surface area contributed by atoms with Crippen LogP contribution in [0.2, 0.25) is 0 Å². The molecular weight excluding hydrogens is 488 g/mol. The molecule has 1 aliphatic heterocycles. The van der Waals surface area contributed by atoms with Gasteiger partial charge in [0.1, 0.15) is 12.1 Å². The van der Waals surface area contributed by atoms with Gasteiger partial charge < -0.3 is 15.7 Å². The van der Waals surface area contributed by atoms with E-state index in [2.05, 4.69) is 10.6 Å². The topological polar surface area (TPSA) is 130 Å². The molecule has 0 aromatic heterocycles. The Morgan fingerprint density at radius 1 is 1.09 bits per heavy atom. The minimum atomic E-state index is -1.62. The fourth-order valence-corrected chi connectivity index (χ4v) is 7.40. The summed E-state index contributed by atoms with van der Waals surface area (Å²) >= 11 is 0. The number of benzene rings is 1. The van der Waals surface area contributed by atoms with Gasteiger partial charge in [0, 0.05) is 23.8 Å². The van der Waals surface area contributed by atoms with E-state index in [1.807, 2.05) is 32.9 Å². The molecule has 0 spiro atoms. The molecule has 0 bridgehead atoms. The van der Waals surface area contributed by atoms with E-state index in [-0.39, 0.29) is 29.9 Å². The number of nitrogens with one attached hydrogen (secondary N) is 2. The summed E-state index contributed by atoms with van der Waals surface area (Å²) in [4.78, 5) is 49.2. The van der Waals surface area contributed by atoms with Gasteiger partial charge in [-0.25, -0.2) is 9.00 Å². The van der Waals surface area contributed by atoms with Crippen molar-refractivity contribution in [3.63, 3.8) is 0 Å². The van der Waals surface area contributed by atoms with Crippen LogP contribution in [-0.4, -0.2) is 56.0 Å². The van der Waals surface area contributed by atoms with Gasteiger partial charge in [0.05, 0.1) is 9.83 Å². The predicted molar refractivity (Wildman–Crippen MR) is 138 cm³/mol. The first-order valence-corrected chi connectivity index (χ1v) is 14.7. The number of carbonyl (C=O) groups excluding carboxylic acids is 3. The number of aryl methyl sites for hydroxylation is 1. The molecule has 0 radical (unpaired) electrons. The van der Waals surface area contributed by atoms with Crippen LogP contribution in [0.25, 0.3) is 0 Å². The minimum Gasteiger partial charge on any atom is -0.475 e. The minimum absolute atomic E-state index is 0.0420. The van der Waals surface area contributed by atoms with E-state index in [9.17, 15) is 28.5 Å². The quantitative estimate of drug-likeness (QED) is 0.194. The maximum absolute atomic E-state index is 13.0. The molecule has 2 rings (SSSR count). The number of hydrogen-bond acceptors (Lipinski definition) is 6. The van der Waals surface area contributed by atoms with Gasteiger partial charge in [-0.1, -0.05) is 60.9 Å². The van der Waals surface area contributed by atoms with Crippen molar-refractivity contribution >= 4 is 44.2 Å². The molecule has 1 fully saturated rings. The maximum Gasteiger partial charge on any atom is 0.374 e. The van der Waals surface area contributed by atoms with Crippen LogP contribution in [0, 0.1) is 12.8 Å². The third-order valence-electron chi connectivity index (χ3n) is 5.85. The first-order chi connectivity index (χ1) is 16.6. The van der Waals surface area contributed by atoms with Gasteiger partial charge in [-0.05, 0) is 44.1 Å². The van der Waals surface area contributed by atoms with Crippen molar-refractivity contribution in [3.8, 4) is 0 Å². The average molecular weight is 525 g/mol. The molecule has 1 saturated heterocycles. The summed E-state index contributed by atoms with van der Waals surface area (Å²) in [6, 6.07) is 5.17. The molecule has 1 heterocycles. The lowest BCUT2D eigenvalue weighted by molar-refractivity contribution is -0.150. The van der Waals surface area contributed by atoms with Crippen LogP contribution in [0.3, 0.4) is 0 Å². The number of rotatable bonds is 14. The van der Waals surface area contributed by atoms with E-state index in [4.69, 9.17) is 0 Å². The Balaban J connectivity index is 1.96. The number of carboxylic acids is 1. The molecule has 1 aromatic carbocycles. The SMILES string of the molecule is Cc1ccc(C[C@H](NC(=O)[C@H](CC(C)C)NC(=O)CCCCC2CCSS2=O)C(=O)C(=O)O)cc1. The number of hydrogen-bond donors (Lipinski definition) is 3. The van der Waals surface area contributed by atoms with Crippen molar-refractivity contribution < 1.29 is 28.5 Å². The normalized spacial score (nSPS) is 19.2. The van der Waals surface area contributed by atoms with Crippen LogP contribution in [0.1, 0.15) is 63.5 Å². The monoisotopic (exact) mass is 524 g/mol. The summed E-state index contributed by atoms with van der Waals surface area (Å²) in [7, 11) is 0.652. The van der Waals surface area contributed by atoms with Gasteiger partial charge in [0.2, 0.25) is 11.8 Å². The fraction of sp³-hybridized carbons (Fsp3) is 0.600. The van der Waals surface area contributed by atoms with Crippen molar-refractivity contribution in [2.24, 2.45) is 5.92 Å². The number of carbonyl (C=O) groups is 4. The van der Waals surface area contributed by atoms with Gasteiger partial charge in [-0.2, -0.15) is 0 Å². The molecule has 8 nitrogen and oxygen atoms in total. The van der Waals surface area contributed by atoms with Gasteiger partial charge in [0.25, 0.3) is 5.78 Å². The standard InChI is InChI=1S/C25H36N2O6S2/c1-16(2)14-21(26-22(28)7-5-4-6-19-12-13-34-35(19)33)24(30)27-20(23(29)25(31)32)15-18-10-8-17(3)9-11-18/h8-11,16,19-21H,4-7,12-15H2,1-3H3,(H,26,28)(H,27,30)(H,31,32)/t19?,20-,21-,35?/m0/s1. The lowest BCUT2D eigenvalue weighted by Crippen LogP contribution is -2.53. The first-order valence-electron chi connectivity index (χ1n) is 12.0. The van der Waals surface area contributed by atoms with E-state index in [0.29, 0.717) is 12.8 Å². The van der Waals surface area contributed by atoms with Crippen LogP contribution < -0.4 is 10.6 Å². The smallest absolute Gasteiger partial charge is 0.374 e. The third kappa shape index (κ3) is 10.1. The Morgan fingerprint density at radius 2 is 1.77 bits per heavy atom. The van der Waals surface area contributed by atoms with E-state index in [1.165, 1.54) is 10.8 Å². The molecule has 3 N–H and O–H groups in total. The second-order valence-corrected chi connectivity index (χ2v) is 12.9. The van der Waals surface area contributed by atoms with E-state index in [1.54, 1.807) is 12.1 Å². The lowest BCUT2D eigenvalue weighted by Gasteiger charge is -2.23. The molecule has 194 valence electrons. The van der Waals surface area contributed by atoms with E-state index >= 15 is 0 Å². The van der Waals surface area contributed by atoms with Crippen molar-refractivity contribution in [2.45, 2.75) is 83.1 Å². The summed E-state index contributed by atoms with van der Waals surface area (Å²) in [5, 5.41) is 14.8. The molecule has 1 aromatic rings. The number of unbranched alkanes of at least 4 members (excludes halogenated alkanes) is 1. The molecule has 2 amide bonds. The number of carboxylic acid groups (broad SMARTS) is 1. The zero-order chi connectivity index (χ0) is 26.0. The van der Waals surface area contributed by atoms with Crippen LogP contribution in [0.4, 0.5) is 0 Å². The summed E-state index contributed by atoms with van der Waals surface area (Å²) in [6.07, 6.45) is 3.83. The molecule has 0 saturated carbocycles. The van der Waals surface area contributed by atoms with E-state index in [0.717, 1.165) is 36.1 Å². The fourth-order valence-electron chi connectivity index (χ4n) is 3.91. The lowest BCUT2D eigenvalue weighted by atomic mass is 9.99. The number of Topliss-reactive ketones (excluding diaryl/α,β-unsaturated/α-hetero) is 1. The van der Waals surface area contributed by atoms with Crippen LogP contribution in [-0.2, 0) is 35.4 Å². The van der Waals surface area contributed by atoms with E-state index < -0.39 is 39.6 Å². The molecule has 1 aliphatic rings. The van der Waals surface area contributed by atoms with Gasteiger partial charge in [-0.15, -0.1) is 0 Å². The Labute approximate surface area is 213 Å². The molecule has 4 atom stereocenters. The van der Waals surface area contributed by atoms with Crippen molar-refractivity contribution in [3.05, 3.63) is 35.4 Å². The van der Waals surface area contributed by atoms with Crippen molar-refractivity contribution in [1.29, 1.82) is 0 Å². The highest BCUT2D eigenvalue weighted by molar-refractivity contribution is 8.69.